The standard InChI is InChI=1S/C9H16O/c1-3-4-5-6-7-8-9-10-2/h3-4,7-8H,5-6,9H2,1-2H3/b4-3+,8-7+. The van der Waals surface area contributed by atoms with E-state index in [9.17, 15) is 0 Å². The maximum Gasteiger partial charge on any atom is 0.0643 e. The second-order valence-corrected chi connectivity index (χ2v) is 2.07. The molecule has 0 radical (unpaired) electrons. The lowest BCUT2D eigenvalue weighted by atomic mass is 10.3. The summed E-state index contributed by atoms with van der Waals surface area (Å²) in [6.45, 7) is 2.77. The fraction of sp³-hybridized carbons (Fsp3) is 0.556. The van der Waals surface area contributed by atoms with Crippen molar-refractivity contribution in [2.45, 2.75) is 19.8 Å². The van der Waals surface area contributed by atoms with E-state index in [0.29, 0.717) is 0 Å². The first-order valence-electron chi connectivity index (χ1n) is 3.67. The van der Waals surface area contributed by atoms with Gasteiger partial charge in [-0.2, -0.15) is 0 Å². The summed E-state index contributed by atoms with van der Waals surface area (Å²) < 4.78 is 4.84. The Hall–Kier alpha value is -0.560. The fourth-order valence-electron chi connectivity index (χ4n) is 0.641. The summed E-state index contributed by atoms with van der Waals surface area (Å²) in [6, 6.07) is 0. The lowest BCUT2D eigenvalue weighted by molar-refractivity contribution is 0.233. The monoisotopic (exact) mass is 140 g/mol. The average Bonchev–Trinajstić information content (AvgIpc) is 1.97. The van der Waals surface area contributed by atoms with E-state index in [2.05, 4.69) is 18.2 Å². The minimum atomic E-state index is 0.732. The van der Waals surface area contributed by atoms with Gasteiger partial charge in [0.25, 0.3) is 0 Å². The molecular weight excluding hydrogens is 124 g/mol. The van der Waals surface area contributed by atoms with E-state index in [1.54, 1.807) is 7.11 Å². The van der Waals surface area contributed by atoms with E-state index in [1.807, 2.05) is 13.0 Å². The zero-order valence-electron chi connectivity index (χ0n) is 6.84. The first kappa shape index (κ1) is 9.44. The van der Waals surface area contributed by atoms with Crippen LogP contribution in [0.2, 0.25) is 0 Å². The highest BCUT2D eigenvalue weighted by Crippen LogP contribution is 1.91. The van der Waals surface area contributed by atoms with Crippen LogP contribution in [0.25, 0.3) is 0 Å². The van der Waals surface area contributed by atoms with Gasteiger partial charge in [0.05, 0.1) is 6.61 Å². The molecule has 0 aromatic rings. The summed E-state index contributed by atoms with van der Waals surface area (Å²) in [6.07, 6.45) is 10.7. The van der Waals surface area contributed by atoms with Gasteiger partial charge in [0, 0.05) is 7.11 Å². The Balaban J connectivity index is 3.02. The van der Waals surface area contributed by atoms with Crippen molar-refractivity contribution < 1.29 is 4.74 Å². The molecule has 0 aliphatic heterocycles. The van der Waals surface area contributed by atoms with Gasteiger partial charge in [-0.15, -0.1) is 0 Å². The molecule has 1 nitrogen and oxygen atoms in total. The molecule has 0 spiro atoms. The van der Waals surface area contributed by atoms with E-state index < -0.39 is 0 Å². The number of unbranched alkanes of at least 4 members (excludes halogenated alkanes) is 1. The van der Waals surface area contributed by atoms with Gasteiger partial charge in [0.15, 0.2) is 0 Å². The van der Waals surface area contributed by atoms with E-state index >= 15 is 0 Å². The zero-order valence-corrected chi connectivity index (χ0v) is 6.84. The molecule has 0 heterocycles. The molecule has 0 aliphatic carbocycles. The molecule has 0 saturated carbocycles. The molecular formula is C9H16O. The highest BCUT2D eigenvalue weighted by Gasteiger charge is 1.74. The maximum absolute atomic E-state index is 4.84. The van der Waals surface area contributed by atoms with Gasteiger partial charge in [0.2, 0.25) is 0 Å². The SMILES string of the molecule is C/C=C/CC/C=C/COC. The number of allylic oxidation sites excluding steroid dienone is 3. The number of ether oxygens (including phenoxy) is 1. The third-order valence-corrected chi connectivity index (χ3v) is 1.17. The van der Waals surface area contributed by atoms with Crippen LogP contribution in [0, 0.1) is 0 Å². The predicted molar refractivity (Wildman–Crippen MR) is 45.1 cm³/mol. The van der Waals surface area contributed by atoms with Crippen LogP contribution >= 0.6 is 0 Å². The van der Waals surface area contributed by atoms with E-state index in [-0.39, 0.29) is 0 Å². The third-order valence-electron chi connectivity index (χ3n) is 1.17. The summed E-state index contributed by atoms with van der Waals surface area (Å²) in [7, 11) is 1.70. The first-order chi connectivity index (χ1) is 4.91. The highest BCUT2D eigenvalue weighted by molar-refractivity contribution is 4.86. The number of hydrogen-bond donors (Lipinski definition) is 0. The van der Waals surface area contributed by atoms with Crippen LogP contribution in [-0.4, -0.2) is 13.7 Å². The molecule has 0 aromatic carbocycles. The Morgan fingerprint density at radius 3 is 2.40 bits per heavy atom. The molecule has 0 fully saturated rings. The van der Waals surface area contributed by atoms with Gasteiger partial charge in [-0.3, -0.25) is 0 Å². The highest BCUT2D eigenvalue weighted by atomic mass is 16.5. The van der Waals surface area contributed by atoms with Crippen molar-refractivity contribution >= 4 is 0 Å². The van der Waals surface area contributed by atoms with Crippen LogP contribution in [0.4, 0.5) is 0 Å². The molecule has 0 bridgehead atoms. The predicted octanol–water partition coefficient (Wildman–Crippen LogP) is 2.55. The molecule has 0 amide bonds. The minimum absolute atomic E-state index is 0.732. The van der Waals surface area contributed by atoms with Gasteiger partial charge in [-0.05, 0) is 19.8 Å². The van der Waals surface area contributed by atoms with Crippen LogP contribution < -0.4 is 0 Å². The van der Waals surface area contributed by atoms with Crippen LogP contribution in [0.5, 0.6) is 0 Å². The van der Waals surface area contributed by atoms with Crippen molar-refractivity contribution in [3.8, 4) is 0 Å². The molecule has 0 saturated heterocycles. The molecule has 0 N–H and O–H groups in total. The Bertz CT molecular complexity index is 103. The second-order valence-electron chi connectivity index (χ2n) is 2.07. The lowest BCUT2D eigenvalue weighted by Crippen LogP contribution is -1.79. The normalized spacial score (nSPS) is 11.8. The van der Waals surface area contributed by atoms with Crippen molar-refractivity contribution in [2.24, 2.45) is 0 Å². The lowest BCUT2D eigenvalue weighted by Gasteiger charge is -1.87. The van der Waals surface area contributed by atoms with E-state index in [4.69, 9.17) is 4.74 Å². The fourth-order valence-corrected chi connectivity index (χ4v) is 0.641. The van der Waals surface area contributed by atoms with Gasteiger partial charge in [0.1, 0.15) is 0 Å². The average molecular weight is 140 g/mol. The number of hydrogen-bond acceptors (Lipinski definition) is 1. The topological polar surface area (TPSA) is 9.23 Å². The van der Waals surface area contributed by atoms with Crippen molar-refractivity contribution in [2.75, 3.05) is 13.7 Å². The van der Waals surface area contributed by atoms with Gasteiger partial charge in [-0.1, -0.05) is 24.3 Å². The smallest absolute Gasteiger partial charge is 0.0643 e. The van der Waals surface area contributed by atoms with Gasteiger partial charge in [-0.25, -0.2) is 0 Å². The molecule has 0 atom stereocenters. The van der Waals surface area contributed by atoms with E-state index in [1.165, 1.54) is 0 Å². The summed E-state index contributed by atoms with van der Waals surface area (Å²) in [5, 5.41) is 0. The Morgan fingerprint density at radius 1 is 1.10 bits per heavy atom. The van der Waals surface area contributed by atoms with Crippen LogP contribution in [0.15, 0.2) is 24.3 Å². The molecule has 58 valence electrons. The van der Waals surface area contributed by atoms with E-state index in [0.717, 1.165) is 19.4 Å². The largest absolute Gasteiger partial charge is 0.381 e. The molecule has 1 heteroatoms. The number of methoxy groups -OCH3 is 1. The number of rotatable bonds is 5. The molecule has 0 rings (SSSR count). The summed E-state index contributed by atoms with van der Waals surface area (Å²) >= 11 is 0. The first-order valence-corrected chi connectivity index (χ1v) is 3.67. The van der Waals surface area contributed by atoms with Crippen LogP contribution in [0.3, 0.4) is 0 Å². The van der Waals surface area contributed by atoms with Crippen molar-refractivity contribution in [1.82, 2.24) is 0 Å². The molecule has 0 unspecified atom stereocenters. The van der Waals surface area contributed by atoms with Crippen molar-refractivity contribution in [3.05, 3.63) is 24.3 Å². The van der Waals surface area contributed by atoms with Crippen LogP contribution in [-0.2, 0) is 4.74 Å². The third kappa shape index (κ3) is 7.44. The molecule has 0 aliphatic rings. The summed E-state index contributed by atoms with van der Waals surface area (Å²) in [5.41, 5.74) is 0. The quantitative estimate of drug-likeness (QED) is 0.421. The Labute approximate surface area is 63.4 Å². The zero-order chi connectivity index (χ0) is 7.66. The Morgan fingerprint density at radius 2 is 1.80 bits per heavy atom. The van der Waals surface area contributed by atoms with Gasteiger partial charge >= 0.3 is 0 Å². The summed E-state index contributed by atoms with van der Waals surface area (Å²) in [4.78, 5) is 0. The maximum atomic E-state index is 4.84. The summed E-state index contributed by atoms with van der Waals surface area (Å²) in [5.74, 6) is 0. The molecule has 0 aromatic heterocycles. The minimum Gasteiger partial charge on any atom is -0.381 e. The molecule has 10 heavy (non-hydrogen) atoms. The Kier molecular flexibility index (Phi) is 7.97. The van der Waals surface area contributed by atoms with Crippen LogP contribution in [0.1, 0.15) is 19.8 Å². The second kappa shape index (κ2) is 8.44. The van der Waals surface area contributed by atoms with Crippen molar-refractivity contribution in [3.63, 3.8) is 0 Å². The van der Waals surface area contributed by atoms with Crippen molar-refractivity contribution in [1.29, 1.82) is 0 Å². The van der Waals surface area contributed by atoms with Gasteiger partial charge < -0.3 is 4.74 Å².